The van der Waals surface area contributed by atoms with Crippen LogP contribution in [0.1, 0.15) is 16.8 Å². The quantitative estimate of drug-likeness (QED) is 0.511. The first kappa shape index (κ1) is 19.9. The van der Waals surface area contributed by atoms with Crippen molar-refractivity contribution >= 4 is 10.1 Å². The molecule has 0 radical (unpaired) electrons. The van der Waals surface area contributed by atoms with Crippen molar-refractivity contribution in [2.45, 2.75) is 19.8 Å². The first-order valence-electron chi connectivity index (χ1n) is 8.66. The number of hydrogen-bond donors (Lipinski definition) is 0. The van der Waals surface area contributed by atoms with Gasteiger partial charge < -0.3 is 9.47 Å². The van der Waals surface area contributed by atoms with Crippen molar-refractivity contribution < 1.29 is 22.1 Å². The Bertz CT molecular complexity index is 992. The second kappa shape index (κ2) is 9.34. The Morgan fingerprint density at radius 1 is 0.786 bits per heavy atom. The highest BCUT2D eigenvalue weighted by atomic mass is 32.2. The molecule has 0 bridgehead atoms. The third kappa shape index (κ3) is 6.37. The summed E-state index contributed by atoms with van der Waals surface area (Å²) in [5.41, 5.74) is 2.45. The Morgan fingerprint density at radius 3 is 1.86 bits per heavy atom. The molecule has 0 N–H and O–H groups in total. The van der Waals surface area contributed by atoms with Gasteiger partial charge in [0.05, 0.1) is 18.1 Å². The van der Waals surface area contributed by atoms with E-state index in [-0.39, 0.29) is 6.61 Å². The smallest absolute Gasteiger partial charge is 0.264 e. The molecule has 0 amide bonds. The number of aromatic nitrogens is 1. The summed E-state index contributed by atoms with van der Waals surface area (Å²) in [6, 6.07) is 21.1. The lowest BCUT2D eigenvalue weighted by molar-refractivity contribution is 0.252. The maximum Gasteiger partial charge on any atom is 0.264 e. The highest BCUT2D eigenvalue weighted by molar-refractivity contribution is 7.85. The van der Waals surface area contributed by atoms with Crippen molar-refractivity contribution in [1.29, 1.82) is 0 Å². The maximum atomic E-state index is 11.2. The van der Waals surface area contributed by atoms with Gasteiger partial charge in [0.1, 0.15) is 19.8 Å². The van der Waals surface area contributed by atoms with Gasteiger partial charge in [0.25, 0.3) is 10.1 Å². The minimum absolute atomic E-state index is 0.167. The van der Waals surface area contributed by atoms with E-state index in [1.165, 1.54) is 6.20 Å². The molecule has 0 aliphatic rings. The van der Waals surface area contributed by atoms with Gasteiger partial charge in [-0.2, -0.15) is 8.42 Å². The lowest BCUT2D eigenvalue weighted by Gasteiger charge is -2.14. The number of pyridine rings is 1. The molecule has 0 spiro atoms. The molecule has 1 heterocycles. The highest BCUT2D eigenvalue weighted by Crippen LogP contribution is 2.29. The van der Waals surface area contributed by atoms with Gasteiger partial charge in [-0.15, -0.1) is 0 Å². The average molecular weight is 399 g/mol. The van der Waals surface area contributed by atoms with Crippen molar-refractivity contribution in [3.63, 3.8) is 0 Å². The molecule has 6 nitrogen and oxygen atoms in total. The second-order valence-corrected chi connectivity index (χ2v) is 7.78. The lowest BCUT2D eigenvalue weighted by atomic mass is 10.2. The average Bonchev–Trinajstić information content (AvgIpc) is 2.71. The van der Waals surface area contributed by atoms with Gasteiger partial charge in [-0.25, -0.2) is 0 Å². The van der Waals surface area contributed by atoms with Crippen LogP contribution in [0.25, 0.3) is 0 Å². The zero-order chi connectivity index (χ0) is 19.8. The maximum absolute atomic E-state index is 11.2. The Morgan fingerprint density at radius 2 is 1.32 bits per heavy atom. The van der Waals surface area contributed by atoms with Crippen LogP contribution in [0.15, 0.2) is 72.9 Å². The molecule has 3 aromatic rings. The van der Waals surface area contributed by atoms with E-state index >= 15 is 0 Å². The molecule has 1 aromatic heterocycles. The van der Waals surface area contributed by atoms with E-state index in [0.29, 0.717) is 30.4 Å². The number of rotatable bonds is 9. The summed E-state index contributed by atoms with van der Waals surface area (Å²) in [4.78, 5) is 4.22. The molecule has 7 heteroatoms. The predicted octanol–water partition coefficient (Wildman–Crippen LogP) is 3.72. The summed E-state index contributed by atoms with van der Waals surface area (Å²) < 4.78 is 39.0. The van der Waals surface area contributed by atoms with E-state index in [0.717, 1.165) is 17.4 Å². The Hall–Kier alpha value is -2.90. The molecular formula is C21H21NO5S. The van der Waals surface area contributed by atoms with E-state index in [9.17, 15) is 8.42 Å². The van der Waals surface area contributed by atoms with Crippen LogP contribution in [0.3, 0.4) is 0 Å². The van der Waals surface area contributed by atoms with Crippen LogP contribution >= 0.6 is 0 Å². The van der Waals surface area contributed by atoms with E-state index in [1.54, 1.807) is 6.07 Å². The Kier molecular flexibility index (Phi) is 6.62. The van der Waals surface area contributed by atoms with E-state index in [2.05, 4.69) is 4.98 Å². The normalized spacial score (nSPS) is 11.2. The molecule has 0 fully saturated rings. The molecule has 146 valence electrons. The van der Waals surface area contributed by atoms with Crippen LogP contribution in [-0.2, 0) is 34.1 Å². The fraction of sp³-hybridized carbons (Fsp3) is 0.190. The van der Waals surface area contributed by atoms with Crippen molar-refractivity contribution in [1.82, 2.24) is 4.98 Å². The summed E-state index contributed by atoms with van der Waals surface area (Å²) in [5.74, 6) is 0.949. The monoisotopic (exact) mass is 399 g/mol. The fourth-order valence-electron chi connectivity index (χ4n) is 2.40. The minimum atomic E-state index is -3.56. The summed E-state index contributed by atoms with van der Waals surface area (Å²) in [6.07, 6.45) is 2.52. The zero-order valence-corrected chi connectivity index (χ0v) is 16.3. The Balaban J connectivity index is 1.75. The van der Waals surface area contributed by atoms with Gasteiger partial charge in [-0.1, -0.05) is 60.7 Å². The summed E-state index contributed by atoms with van der Waals surface area (Å²) in [6.45, 7) is 0.543. The topological polar surface area (TPSA) is 74.7 Å². The van der Waals surface area contributed by atoms with Gasteiger partial charge in [-0.3, -0.25) is 9.17 Å². The van der Waals surface area contributed by atoms with Crippen LogP contribution in [0.5, 0.6) is 11.5 Å². The standard InChI is InChI=1S/C21H21NO5S/c1-28(23,24)27-16-19-12-20(25-14-17-8-4-2-5-9-17)21(13-22-19)26-15-18-10-6-3-7-11-18/h2-13H,14-16H2,1H3. The molecule has 0 saturated heterocycles. The first-order chi connectivity index (χ1) is 13.5. The molecule has 0 atom stereocenters. The van der Waals surface area contributed by atoms with Crippen molar-refractivity contribution in [2.24, 2.45) is 0 Å². The van der Waals surface area contributed by atoms with E-state index in [1.807, 2.05) is 60.7 Å². The van der Waals surface area contributed by atoms with Gasteiger partial charge in [0.15, 0.2) is 11.5 Å². The fourth-order valence-corrected chi connectivity index (χ4v) is 2.74. The number of hydrogen-bond acceptors (Lipinski definition) is 6. The first-order valence-corrected chi connectivity index (χ1v) is 10.5. The van der Waals surface area contributed by atoms with Crippen molar-refractivity contribution in [2.75, 3.05) is 6.26 Å². The molecule has 0 unspecified atom stereocenters. The van der Waals surface area contributed by atoms with Crippen LogP contribution in [-0.4, -0.2) is 19.7 Å². The zero-order valence-electron chi connectivity index (χ0n) is 15.4. The summed E-state index contributed by atoms with van der Waals surface area (Å²) >= 11 is 0. The molecule has 0 aliphatic heterocycles. The van der Waals surface area contributed by atoms with E-state index in [4.69, 9.17) is 13.7 Å². The number of nitrogens with zero attached hydrogens (tertiary/aromatic N) is 1. The van der Waals surface area contributed by atoms with Crippen LogP contribution in [0.4, 0.5) is 0 Å². The van der Waals surface area contributed by atoms with Gasteiger partial charge in [0.2, 0.25) is 0 Å². The van der Waals surface area contributed by atoms with Crippen molar-refractivity contribution in [3.8, 4) is 11.5 Å². The minimum Gasteiger partial charge on any atom is -0.485 e. The number of ether oxygens (including phenoxy) is 2. The summed E-state index contributed by atoms with van der Waals surface area (Å²) in [7, 11) is -3.56. The predicted molar refractivity (Wildman–Crippen MR) is 105 cm³/mol. The molecule has 2 aromatic carbocycles. The van der Waals surface area contributed by atoms with Crippen LogP contribution < -0.4 is 9.47 Å². The lowest BCUT2D eigenvalue weighted by Crippen LogP contribution is -2.06. The van der Waals surface area contributed by atoms with Crippen LogP contribution in [0, 0.1) is 0 Å². The van der Waals surface area contributed by atoms with Gasteiger partial charge in [0, 0.05) is 6.07 Å². The second-order valence-electron chi connectivity index (χ2n) is 6.14. The van der Waals surface area contributed by atoms with Gasteiger partial charge in [-0.05, 0) is 11.1 Å². The molecule has 0 aliphatic carbocycles. The third-order valence-corrected chi connectivity index (χ3v) is 4.33. The highest BCUT2D eigenvalue weighted by Gasteiger charge is 2.11. The van der Waals surface area contributed by atoms with Gasteiger partial charge >= 0.3 is 0 Å². The molecular weight excluding hydrogens is 378 g/mol. The number of benzene rings is 2. The third-order valence-electron chi connectivity index (χ3n) is 3.78. The van der Waals surface area contributed by atoms with E-state index < -0.39 is 10.1 Å². The Labute approximate surface area is 164 Å². The molecule has 28 heavy (non-hydrogen) atoms. The largest absolute Gasteiger partial charge is 0.485 e. The van der Waals surface area contributed by atoms with Crippen molar-refractivity contribution in [3.05, 3.63) is 89.7 Å². The molecule has 3 rings (SSSR count). The van der Waals surface area contributed by atoms with Crippen LogP contribution in [0.2, 0.25) is 0 Å². The summed E-state index contributed by atoms with van der Waals surface area (Å²) in [5, 5.41) is 0. The SMILES string of the molecule is CS(=O)(=O)OCc1cc(OCc2ccccc2)c(OCc2ccccc2)cn1. The molecule has 0 saturated carbocycles.